The number of hydrogen-bond acceptors (Lipinski definition) is 7. The summed E-state index contributed by atoms with van der Waals surface area (Å²) >= 11 is 0. The van der Waals surface area contributed by atoms with Gasteiger partial charge in [-0.05, 0) is 44.9 Å². The maximum Gasteiger partial charge on any atom is 0.361 e. The Balaban J connectivity index is 4.01. The van der Waals surface area contributed by atoms with Crippen LogP contribution < -0.4 is 0 Å². The molecule has 81 heavy (non-hydrogen) atoms. The third-order valence-corrected chi connectivity index (χ3v) is 16.2. The number of carbonyl (C=O) groups excluding carboxylic acids is 2. The second-order valence-electron chi connectivity index (χ2n) is 25.6. The maximum atomic E-state index is 12.9. The molecule has 0 aromatic heterocycles. The molecule has 0 radical (unpaired) electrons. The molecule has 0 aliphatic heterocycles. The molecule has 0 aromatic rings. The number of esters is 2. The number of likely N-dealkylation sites (N-methyl/N-ethyl adjacent to an activating group) is 1. The van der Waals surface area contributed by atoms with Crippen LogP contribution in [-0.4, -0.2) is 87.4 Å². The summed E-state index contributed by atoms with van der Waals surface area (Å²) in [5.74, 6) is -1.97. The van der Waals surface area contributed by atoms with Gasteiger partial charge in [0.15, 0.2) is 6.10 Å². The Morgan fingerprint density at radius 3 is 0.975 bits per heavy atom. The smallest absolute Gasteiger partial charge is 0.361 e. The van der Waals surface area contributed by atoms with E-state index in [2.05, 4.69) is 38.2 Å². The van der Waals surface area contributed by atoms with E-state index in [1.54, 1.807) is 0 Å². The quantitative estimate of drug-likeness (QED) is 0.0211. The van der Waals surface area contributed by atoms with E-state index in [1.807, 2.05) is 21.1 Å². The summed E-state index contributed by atoms with van der Waals surface area (Å²) < 4.78 is 23.0. The lowest BCUT2D eigenvalue weighted by Gasteiger charge is -2.25. The van der Waals surface area contributed by atoms with E-state index >= 15 is 0 Å². The van der Waals surface area contributed by atoms with Gasteiger partial charge in [0.25, 0.3) is 6.29 Å². The second kappa shape index (κ2) is 63.8. The molecule has 0 spiro atoms. The van der Waals surface area contributed by atoms with Gasteiger partial charge in [-0.25, -0.2) is 4.79 Å². The van der Waals surface area contributed by atoms with Crippen molar-refractivity contribution in [2.45, 2.75) is 373 Å². The predicted octanol–water partition coefficient (Wildman–Crippen LogP) is 21.8. The van der Waals surface area contributed by atoms with Gasteiger partial charge >= 0.3 is 17.9 Å². The Bertz CT molecular complexity index is 1380. The van der Waals surface area contributed by atoms with E-state index in [0.717, 1.165) is 44.9 Å². The van der Waals surface area contributed by atoms with E-state index in [0.29, 0.717) is 17.4 Å². The van der Waals surface area contributed by atoms with Crippen molar-refractivity contribution >= 4 is 17.9 Å². The number of rotatable bonds is 67. The third kappa shape index (κ3) is 65.2. The summed E-state index contributed by atoms with van der Waals surface area (Å²) in [5.41, 5.74) is 0. The number of hydrogen-bond donors (Lipinski definition) is 1. The molecule has 2 unspecified atom stereocenters. The Hall–Kier alpha value is -2.23. The minimum atomic E-state index is -1.51. The number of unbranched alkanes of at least 4 members (excludes halogenated alkanes) is 48. The molecule has 0 fully saturated rings. The molecule has 478 valence electrons. The van der Waals surface area contributed by atoms with Crippen molar-refractivity contribution < 1.29 is 42.9 Å². The lowest BCUT2D eigenvalue weighted by molar-refractivity contribution is -0.870. The highest BCUT2D eigenvalue weighted by Gasteiger charge is 2.25. The molecule has 0 heterocycles. The topological polar surface area (TPSA) is 108 Å². The van der Waals surface area contributed by atoms with Crippen LogP contribution in [0.25, 0.3) is 0 Å². The van der Waals surface area contributed by atoms with Gasteiger partial charge in [0.2, 0.25) is 0 Å². The number of carboxylic acids is 1. The van der Waals surface area contributed by atoms with E-state index in [-0.39, 0.29) is 38.2 Å². The van der Waals surface area contributed by atoms with Crippen LogP contribution in [0.3, 0.4) is 0 Å². The highest BCUT2D eigenvalue weighted by atomic mass is 16.7. The molecule has 0 saturated carbocycles. The molecular formula is C72H138NO8+. The van der Waals surface area contributed by atoms with Gasteiger partial charge in [0.1, 0.15) is 13.2 Å². The van der Waals surface area contributed by atoms with E-state index < -0.39 is 18.4 Å². The third-order valence-electron chi connectivity index (χ3n) is 16.2. The van der Waals surface area contributed by atoms with Crippen LogP contribution in [0.5, 0.6) is 0 Å². The van der Waals surface area contributed by atoms with Crippen molar-refractivity contribution in [2.24, 2.45) is 0 Å². The lowest BCUT2D eigenvalue weighted by Crippen LogP contribution is -2.40. The molecule has 0 rings (SSSR count). The Morgan fingerprint density at radius 1 is 0.370 bits per heavy atom. The molecule has 0 bridgehead atoms. The van der Waals surface area contributed by atoms with E-state index in [9.17, 15) is 19.5 Å². The maximum absolute atomic E-state index is 12.9. The summed E-state index contributed by atoms with van der Waals surface area (Å²) in [5, 5.41) is 9.74. The zero-order valence-corrected chi connectivity index (χ0v) is 54.7. The van der Waals surface area contributed by atoms with Crippen LogP contribution in [0.1, 0.15) is 361 Å². The van der Waals surface area contributed by atoms with Gasteiger partial charge in [-0.3, -0.25) is 9.59 Å². The van der Waals surface area contributed by atoms with Gasteiger partial charge in [0, 0.05) is 12.8 Å². The van der Waals surface area contributed by atoms with Gasteiger partial charge in [-0.15, -0.1) is 0 Å². The molecule has 1 N–H and O–H groups in total. The van der Waals surface area contributed by atoms with Crippen molar-refractivity contribution in [2.75, 3.05) is 47.5 Å². The first-order chi connectivity index (χ1) is 39.6. The molecular weight excluding hydrogens is 1010 g/mol. The number of ether oxygens (including phenoxy) is 4. The van der Waals surface area contributed by atoms with Crippen LogP contribution in [0, 0.1) is 0 Å². The summed E-state index contributed by atoms with van der Waals surface area (Å²) in [7, 11) is 5.99. The fourth-order valence-corrected chi connectivity index (χ4v) is 10.8. The first kappa shape index (κ1) is 78.8. The van der Waals surface area contributed by atoms with Crippen molar-refractivity contribution in [3.8, 4) is 0 Å². The summed E-state index contributed by atoms with van der Waals surface area (Å²) in [4.78, 5) is 37.6. The molecule has 0 amide bonds. The molecule has 0 aliphatic carbocycles. The number of carbonyl (C=O) groups is 3. The van der Waals surface area contributed by atoms with Crippen molar-refractivity contribution in [3.63, 3.8) is 0 Å². The van der Waals surface area contributed by atoms with Gasteiger partial charge < -0.3 is 28.5 Å². The number of aliphatic carboxylic acids is 1. The lowest BCUT2D eigenvalue weighted by atomic mass is 10.0. The van der Waals surface area contributed by atoms with Gasteiger partial charge in [-0.2, -0.15) is 0 Å². The van der Waals surface area contributed by atoms with Crippen LogP contribution in [-0.2, 0) is 33.3 Å². The second-order valence-corrected chi connectivity index (χ2v) is 25.6. The first-order valence-corrected chi connectivity index (χ1v) is 35.5. The molecule has 2 atom stereocenters. The minimum Gasteiger partial charge on any atom is -0.477 e. The van der Waals surface area contributed by atoms with Gasteiger partial charge in [0.05, 0.1) is 34.4 Å². The van der Waals surface area contributed by atoms with Crippen molar-refractivity contribution in [1.29, 1.82) is 0 Å². The number of allylic oxidation sites excluding steroid dienone is 4. The van der Waals surface area contributed by atoms with Gasteiger partial charge in [-0.1, -0.05) is 327 Å². The van der Waals surface area contributed by atoms with Crippen LogP contribution in [0.15, 0.2) is 24.3 Å². The number of nitrogens with zero attached hydrogens (tertiary/aromatic N) is 1. The Morgan fingerprint density at radius 2 is 0.667 bits per heavy atom. The van der Waals surface area contributed by atoms with Crippen molar-refractivity contribution in [1.82, 2.24) is 0 Å². The number of quaternary nitrogens is 1. The highest BCUT2D eigenvalue weighted by molar-refractivity contribution is 5.71. The summed E-state index contributed by atoms with van der Waals surface area (Å²) in [6.45, 7) is 4.94. The highest BCUT2D eigenvalue weighted by Crippen LogP contribution is 2.19. The average Bonchev–Trinajstić information content (AvgIpc) is 3.44. The summed E-state index contributed by atoms with van der Waals surface area (Å²) in [6.07, 6.45) is 75.9. The largest absolute Gasteiger partial charge is 0.477 e. The SMILES string of the molecule is CCCCCCC/C=C\C/C=C\CCCCCCCCCCCCCCCCCCCCCCCCCC(=O)OC(COC(=O)CCCCCCCCCCCCCCCCCCCCCCC)COC(OCC[N+](C)(C)C)C(=O)O. The first-order valence-electron chi connectivity index (χ1n) is 35.5. The van der Waals surface area contributed by atoms with Crippen LogP contribution in [0.4, 0.5) is 0 Å². The van der Waals surface area contributed by atoms with Crippen LogP contribution in [0.2, 0.25) is 0 Å². The molecule has 0 aromatic carbocycles. The fraction of sp³-hybridized carbons (Fsp3) is 0.903. The van der Waals surface area contributed by atoms with Crippen molar-refractivity contribution in [3.05, 3.63) is 24.3 Å². The molecule has 0 saturated heterocycles. The molecule has 9 nitrogen and oxygen atoms in total. The monoisotopic (exact) mass is 1150 g/mol. The summed E-state index contributed by atoms with van der Waals surface area (Å²) in [6, 6.07) is 0. The Labute approximate surface area is 503 Å². The standard InChI is InChI=1S/C72H137NO8/c1-6-8-10-12-14-16-18-20-22-24-26-28-29-30-31-32-33-34-35-36-37-38-39-40-41-43-45-47-49-51-53-55-57-59-61-63-70(75)81-68(67-80-72(71(76)77)78-65-64-73(3,4)5)66-79-69(74)62-60-58-56-54-52-50-48-46-44-42-27-25-23-21-19-17-15-13-11-9-7-2/h18,20,24,26,68,72H,6-17,19,21-23,25,27-67H2,1-5H3/p+1/b20-18-,26-24-. The van der Waals surface area contributed by atoms with Crippen LogP contribution >= 0.6 is 0 Å². The predicted molar refractivity (Wildman–Crippen MR) is 346 cm³/mol. The van der Waals surface area contributed by atoms with E-state index in [1.165, 1.54) is 289 Å². The zero-order valence-electron chi connectivity index (χ0n) is 54.7. The zero-order chi connectivity index (χ0) is 59.1. The van der Waals surface area contributed by atoms with E-state index in [4.69, 9.17) is 18.9 Å². The minimum absolute atomic E-state index is 0.174. The molecule has 0 aliphatic rings. The number of carboxylic acid groups (broad SMARTS) is 1. The molecule has 9 heteroatoms. The average molecular weight is 1150 g/mol. The fourth-order valence-electron chi connectivity index (χ4n) is 10.8. The normalized spacial score (nSPS) is 12.8. The Kier molecular flexibility index (Phi) is 62.0.